The lowest BCUT2D eigenvalue weighted by Crippen LogP contribution is -2.60. The molecule has 1 aliphatic heterocycles. The number of nitrogens with zero attached hydrogens (tertiary/aromatic N) is 1. The lowest BCUT2D eigenvalue weighted by molar-refractivity contribution is 0.0807. The van der Waals surface area contributed by atoms with Crippen LogP contribution in [0.25, 0.3) is 0 Å². The molecule has 1 aromatic rings. The molecule has 1 aromatic carbocycles. The van der Waals surface area contributed by atoms with Gasteiger partial charge in [-0.1, -0.05) is 39.0 Å². The Kier molecular flexibility index (Phi) is 5.06. The molecule has 3 heteroatoms. The highest BCUT2D eigenvalue weighted by Gasteiger charge is 2.32. The summed E-state index contributed by atoms with van der Waals surface area (Å²) in [4.78, 5) is 2.54. The molecule has 2 rings (SSSR count). The van der Waals surface area contributed by atoms with Crippen LogP contribution in [0.4, 0.5) is 0 Å². The molecule has 3 nitrogen and oxygen atoms in total. The number of hydrogen-bond donors (Lipinski definition) is 1. The molecule has 1 heterocycles. The van der Waals surface area contributed by atoms with Crippen molar-refractivity contribution in [1.29, 1.82) is 0 Å². The van der Waals surface area contributed by atoms with Crippen molar-refractivity contribution in [2.45, 2.75) is 39.8 Å². The van der Waals surface area contributed by atoms with Crippen LogP contribution in [-0.2, 0) is 0 Å². The molecule has 0 aliphatic carbocycles. The van der Waals surface area contributed by atoms with Crippen LogP contribution >= 0.6 is 0 Å². The Morgan fingerprint density at radius 2 is 1.95 bits per heavy atom. The van der Waals surface area contributed by atoms with Gasteiger partial charge in [0.1, 0.15) is 12.4 Å². The number of benzene rings is 1. The van der Waals surface area contributed by atoms with Gasteiger partial charge in [-0.2, -0.15) is 0 Å². The van der Waals surface area contributed by atoms with E-state index in [1.54, 1.807) is 0 Å². The van der Waals surface area contributed by atoms with Gasteiger partial charge in [0.05, 0.1) is 0 Å². The second-order valence-electron chi connectivity index (χ2n) is 6.83. The Morgan fingerprint density at radius 1 is 1.25 bits per heavy atom. The third-order valence-electron chi connectivity index (χ3n) is 4.14. The summed E-state index contributed by atoms with van der Waals surface area (Å²) in [5.41, 5.74) is 0.304. The van der Waals surface area contributed by atoms with Gasteiger partial charge in [0, 0.05) is 31.7 Å². The summed E-state index contributed by atoms with van der Waals surface area (Å²) in [6, 6.07) is 11.2. The van der Waals surface area contributed by atoms with Gasteiger partial charge in [-0.25, -0.2) is 0 Å². The number of nitrogens with one attached hydrogen (secondary N) is 1. The summed E-state index contributed by atoms with van der Waals surface area (Å²) in [7, 11) is 0. The fourth-order valence-corrected chi connectivity index (χ4v) is 2.61. The van der Waals surface area contributed by atoms with Crippen LogP contribution in [0, 0.1) is 5.41 Å². The van der Waals surface area contributed by atoms with Crippen LogP contribution in [0.15, 0.2) is 30.3 Å². The average molecular weight is 276 g/mol. The molecular weight excluding hydrogens is 248 g/mol. The van der Waals surface area contributed by atoms with Crippen molar-refractivity contribution in [2.24, 2.45) is 5.41 Å². The molecule has 0 aromatic heterocycles. The van der Waals surface area contributed by atoms with Gasteiger partial charge in [-0.05, 0) is 24.5 Å². The van der Waals surface area contributed by atoms with Gasteiger partial charge in [0.25, 0.3) is 0 Å². The van der Waals surface area contributed by atoms with Crippen molar-refractivity contribution in [3.8, 4) is 5.75 Å². The van der Waals surface area contributed by atoms with Crippen molar-refractivity contribution in [3.63, 3.8) is 0 Å². The van der Waals surface area contributed by atoms with Crippen LogP contribution < -0.4 is 10.1 Å². The maximum atomic E-state index is 5.82. The van der Waals surface area contributed by atoms with Gasteiger partial charge in [-0.15, -0.1) is 0 Å². The third-order valence-corrected chi connectivity index (χ3v) is 4.14. The Hall–Kier alpha value is -1.06. The summed E-state index contributed by atoms with van der Waals surface area (Å²) in [5.74, 6) is 0.961. The number of para-hydroxylation sites is 1. The summed E-state index contributed by atoms with van der Waals surface area (Å²) in [6.45, 7) is 13.1. The molecule has 2 unspecified atom stereocenters. The van der Waals surface area contributed by atoms with Crippen molar-refractivity contribution >= 4 is 0 Å². The molecular formula is C17H28N2O. The van der Waals surface area contributed by atoms with Crippen LogP contribution in [0.3, 0.4) is 0 Å². The molecule has 1 fully saturated rings. The molecule has 1 aliphatic rings. The Balaban J connectivity index is 1.81. The first-order valence-corrected chi connectivity index (χ1v) is 7.62. The molecule has 0 saturated carbocycles. The van der Waals surface area contributed by atoms with Crippen molar-refractivity contribution in [3.05, 3.63) is 30.3 Å². The molecule has 0 amide bonds. The monoisotopic (exact) mass is 276 g/mol. The van der Waals surface area contributed by atoms with Crippen molar-refractivity contribution < 1.29 is 4.74 Å². The second-order valence-corrected chi connectivity index (χ2v) is 6.83. The lowest BCUT2D eigenvalue weighted by Gasteiger charge is -2.43. The average Bonchev–Trinajstić information content (AvgIpc) is 2.41. The Morgan fingerprint density at radius 3 is 2.60 bits per heavy atom. The standard InChI is InChI=1S/C17H28N2O/c1-14-12-18-16(17(2,3)4)13-19(14)10-11-20-15-8-6-5-7-9-15/h5-9,14,16,18H,10-13H2,1-4H3. The summed E-state index contributed by atoms with van der Waals surface area (Å²) in [6.07, 6.45) is 0. The molecule has 0 bridgehead atoms. The van der Waals surface area contributed by atoms with Crippen LogP contribution in [0.1, 0.15) is 27.7 Å². The minimum Gasteiger partial charge on any atom is -0.492 e. The van der Waals surface area contributed by atoms with E-state index in [4.69, 9.17) is 4.74 Å². The fourth-order valence-electron chi connectivity index (χ4n) is 2.61. The normalized spacial score (nSPS) is 24.6. The summed E-state index contributed by atoms with van der Waals surface area (Å²) < 4.78 is 5.82. The minimum atomic E-state index is 0.304. The van der Waals surface area contributed by atoms with Gasteiger partial charge in [0.15, 0.2) is 0 Å². The first-order chi connectivity index (χ1) is 9.47. The first-order valence-electron chi connectivity index (χ1n) is 7.62. The van der Waals surface area contributed by atoms with Gasteiger partial charge >= 0.3 is 0 Å². The maximum Gasteiger partial charge on any atom is 0.119 e. The van der Waals surface area contributed by atoms with E-state index in [1.807, 2.05) is 30.3 Å². The molecule has 0 radical (unpaired) electrons. The zero-order valence-electron chi connectivity index (χ0n) is 13.2. The third kappa shape index (κ3) is 4.22. The SMILES string of the molecule is CC1CNC(C(C)(C)C)CN1CCOc1ccccc1. The minimum absolute atomic E-state index is 0.304. The number of ether oxygens (including phenoxy) is 1. The van der Waals surface area contributed by atoms with E-state index in [-0.39, 0.29) is 0 Å². The van der Waals surface area contributed by atoms with E-state index >= 15 is 0 Å². The van der Waals surface area contributed by atoms with Gasteiger partial charge < -0.3 is 10.1 Å². The van der Waals surface area contributed by atoms with E-state index < -0.39 is 0 Å². The van der Waals surface area contributed by atoms with E-state index in [0.717, 1.165) is 32.0 Å². The van der Waals surface area contributed by atoms with E-state index in [0.29, 0.717) is 17.5 Å². The molecule has 1 N–H and O–H groups in total. The molecule has 20 heavy (non-hydrogen) atoms. The predicted octanol–water partition coefficient (Wildman–Crippen LogP) is 2.77. The summed E-state index contributed by atoms with van der Waals surface area (Å²) in [5, 5.41) is 3.66. The van der Waals surface area contributed by atoms with Crippen molar-refractivity contribution in [1.82, 2.24) is 10.2 Å². The Bertz CT molecular complexity index is 399. The molecule has 1 saturated heterocycles. The van der Waals surface area contributed by atoms with Crippen molar-refractivity contribution in [2.75, 3.05) is 26.2 Å². The zero-order valence-corrected chi connectivity index (χ0v) is 13.2. The maximum absolute atomic E-state index is 5.82. The highest BCUT2D eigenvalue weighted by molar-refractivity contribution is 5.20. The number of rotatable bonds is 4. The van der Waals surface area contributed by atoms with E-state index in [1.165, 1.54) is 0 Å². The highest BCUT2D eigenvalue weighted by atomic mass is 16.5. The largest absolute Gasteiger partial charge is 0.492 e. The number of piperazine rings is 1. The Labute approximate surface area is 123 Å². The zero-order chi connectivity index (χ0) is 14.6. The van der Waals surface area contributed by atoms with E-state index in [9.17, 15) is 0 Å². The smallest absolute Gasteiger partial charge is 0.119 e. The van der Waals surface area contributed by atoms with Gasteiger partial charge in [0.2, 0.25) is 0 Å². The summed E-state index contributed by atoms with van der Waals surface area (Å²) >= 11 is 0. The molecule has 112 valence electrons. The molecule has 2 atom stereocenters. The quantitative estimate of drug-likeness (QED) is 0.915. The van der Waals surface area contributed by atoms with Crippen LogP contribution in [0.2, 0.25) is 0 Å². The van der Waals surface area contributed by atoms with Crippen LogP contribution in [-0.4, -0.2) is 43.2 Å². The van der Waals surface area contributed by atoms with Crippen LogP contribution in [0.5, 0.6) is 5.75 Å². The highest BCUT2D eigenvalue weighted by Crippen LogP contribution is 2.23. The molecule has 0 spiro atoms. The lowest BCUT2D eigenvalue weighted by atomic mass is 9.85. The van der Waals surface area contributed by atoms with E-state index in [2.05, 4.69) is 37.9 Å². The first kappa shape index (κ1) is 15.3. The predicted molar refractivity (Wildman–Crippen MR) is 84.2 cm³/mol. The topological polar surface area (TPSA) is 24.5 Å². The second kappa shape index (κ2) is 6.59. The number of hydrogen-bond acceptors (Lipinski definition) is 3. The van der Waals surface area contributed by atoms with Gasteiger partial charge in [-0.3, -0.25) is 4.90 Å². The fraction of sp³-hybridized carbons (Fsp3) is 0.647.